The van der Waals surface area contributed by atoms with Crippen LogP contribution in [0.15, 0.2) is 84.2 Å². The van der Waals surface area contributed by atoms with Gasteiger partial charge in [0.1, 0.15) is 0 Å². The van der Waals surface area contributed by atoms with Crippen LogP contribution < -0.4 is 5.32 Å². The van der Waals surface area contributed by atoms with Crippen molar-refractivity contribution in [2.45, 2.75) is 65.2 Å². The third kappa shape index (κ3) is 7.22. The van der Waals surface area contributed by atoms with E-state index in [0.29, 0.717) is 19.7 Å². The number of nitrogens with zero attached hydrogens (tertiary/aromatic N) is 3. The van der Waals surface area contributed by atoms with Gasteiger partial charge in [0.2, 0.25) is 0 Å². The van der Waals surface area contributed by atoms with Gasteiger partial charge in [-0.15, -0.1) is 0 Å². The van der Waals surface area contributed by atoms with Crippen LogP contribution >= 0.6 is 11.6 Å². The summed E-state index contributed by atoms with van der Waals surface area (Å²) in [7, 11) is 0. The summed E-state index contributed by atoms with van der Waals surface area (Å²) in [6.07, 6.45) is 11.7. The number of amides is 1. The maximum atomic E-state index is 12.0. The number of rotatable bonds is 1. The molecule has 6 nitrogen and oxygen atoms in total. The third-order valence-electron chi connectivity index (χ3n) is 10.3. The molecule has 4 heterocycles. The van der Waals surface area contributed by atoms with E-state index in [4.69, 9.17) is 26.3 Å². The van der Waals surface area contributed by atoms with Crippen molar-refractivity contribution in [3.05, 3.63) is 140 Å². The fraction of sp³-hybridized carbons (Fsp3) is 0.357. The van der Waals surface area contributed by atoms with E-state index in [9.17, 15) is 4.79 Å². The Morgan fingerprint density at radius 1 is 0.735 bits per heavy atom. The standard InChI is InChI=1S/C22H23ClN2O2.C20H22N2/c1-2-27-22(26)25-12-9-15(10-13-25)20-19-8-7-18(23)14-17(19)6-5-16-4-3-11-24-21(16)20;1-14-4-7-18-17(13-14)6-5-16-3-2-10-22-20(16)19(18)15-8-11-21-12-9-15/h3-4,7-8,11,14H,2,5-6,9-10,12-13H2,1H3;2-4,7,10,13,21H,5-6,8-9,11-12H2,1H3. The first-order valence-electron chi connectivity index (χ1n) is 17.8. The van der Waals surface area contributed by atoms with E-state index in [1.165, 1.54) is 61.4 Å². The first kappa shape index (κ1) is 33.2. The fourth-order valence-electron chi connectivity index (χ4n) is 7.83. The summed E-state index contributed by atoms with van der Waals surface area (Å²) >= 11 is 6.27. The van der Waals surface area contributed by atoms with Crippen molar-refractivity contribution in [1.29, 1.82) is 0 Å². The molecular formula is C42H45ClN4O2. The van der Waals surface area contributed by atoms with Gasteiger partial charge in [-0.25, -0.2) is 4.79 Å². The van der Waals surface area contributed by atoms with Crippen molar-refractivity contribution >= 4 is 28.8 Å². The molecule has 7 heteroatoms. The summed E-state index contributed by atoms with van der Waals surface area (Å²) in [5.41, 5.74) is 17.3. The lowest BCUT2D eigenvalue weighted by atomic mass is 9.88. The Kier molecular flexibility index (Phi) is 10.2. The van der Waals surface area contributed by atoms with E-state index in [1.54, 1.807) is 10.5 Å². The number of pyridine rings is 2. The maximum absolute atomic E-state index is 12.0. The van der Waals surface area contributed by atoms with Crippen molar-refractivity contribution in [1.82, 2.24) is 20.2 Å². The van der Waals surface area contributed by atoms with Crippen LogP contribution in [0.4, 0.5) is 4.79 Å². The summed E-state index contributed by atoms with van der Waals surface area (Å²) < 4.78 is 5.15. The van der Waals surface area contributed by atoms with Gasteiger partial charge in [0.25, 0.3) is 0 Å². The Balaban J connectivity index is 0.000000157. The second kappa shape index (κ2) is 15.1. The molecule has 2 aromatic carbocycles. The molecule has 8 rings (SSSR count). The molecule has 0 unspecified atom stereocenters. The van der Waals surface area contributed by atoms with Crippen LogP contribution in [-0.2, 0) is 30.4 Å². The van der Waals surface area contributed by atoms with Gasteiger partial charge < -0.3 is 15.0 Å². The number of hydrogen-bond acceptors (Lipinski definition) is 5. The molecule has 1 N–H and O–H groups in total. The van der Waals surface area contributed by atoms with Crippen LogP contribution in [0.2, 0.25) is 5.02 Å². The van der Waals surface area contributed by atoms with E-state index < -0.39 is 0 Å². The molecule has 2 saturated heterocycles. The second-order valence-corrected chi connectivity index (χ2v) is 13.8. The Bertz CT molecular complexity index is 1910. The van der Waals surface area contributed by atoms with E-state index in [2.05, 4.69) is 60.8 Å². The van der Waals surface area contributed by atoms with Crippen molar-refractivity contribution in [2.24, 2.45) is 0 Å². The van der Waals surface area contributed by atoms with Crippen LogP contribution in [0.25, 0.3) is 11.1 Å². The zero-order valence-electron chi connectivity index (χ0n) is 28.7. The van der Waals surface area contributed by atoms with Gasteiger partial charge in [0, 0.05) is 41.7 Å². The predicted molar refractivity (Wildman–Crippen MR) is 198 cm³/mol. The van der Waals surface area contributed by atoms with Crippen molar-refractivity contribution in [2.75, 3.05) is 32.8 Å². The topological polar surface area (TPSA) is 67.3 Å². The van der Waals surface area contributed by atoms with Gasteiger partial charge in [0.15, 0.2) is 0 Å². The molecule has 4 aliphatic rings. The van der Waals surface area contributed by atoms with E-state index in [1.807, 2.05) is 31.5 Å². The number of nitrogens with one attached hydrogen (secondary N) is 1. The number of ether oxygens (including phenoxy) is 1. The number of hydrogen-bond donors (Lipinski definition) is 1. The molecule has 2 aliphatic heterocycles. The number of benzene rings is 2. The molecule has 0 saturated carbocycles. The minimum atomic E-state index is -0.215. The smallest absolute Gasteiger partial charge is 0.409 e. The second-order valence-electron chi connectivity index (χ2n) is 13.4. The molecule has 2 aliphatic carbocycles. The van der Waals surface area contributed by atoms with Gasteiger partial charge in [0.05, 0.1) is 18.0 Å². The van der Waals surface area contributed by atoms with Crippen LogP contribution in [0.3, 0.4) is 0 Å². The normalized spacial score (nSPS) is 17.0. The van der Waals surface area contributed by atoms with Gasteiger partial charge in [-0.2, -0.15) is 0 Å². The van der Waals surface area contributed by atoms with E-state index in [-0.39, 0.29) is 6.09 Å². The van der Waals surface area contributed by atoms with Crippen LogP contribution in [0.1, 0.15) is 82.9 Å². The lowest BCUT2D eigenvalue weighted by Gasteiger charge is -2.29. The minimum Gasteiger partial charge on any atom is -0.450 e. The SMILES string of the molecule is CCOC(=O)N1CCC(=C2c3ccc(Cl)cc3CCc3cccnc32)CC1.Cc1ccc2c(c1)CCc1cccnc1C2=C1CCNCC1. The van der Waals surface area contributed by atoms with Gasteiger partial charge in [-0.3, -0.25) is 9.97 Å². The van der Waals surface area contributed by atoms with Crippen molar-refractivity contribution in [3.63, 3.8) is 0 Å². The number of fused-ring (bicyclic) bond motifs is 4. The third-order valence-corrected chi connectivity index (χ3v) is 10.5. The average Bonchev–Trinajstić information content (AvgIpc) is 3.40. The Labute approximate surface area is 295 Å². The first-order valence-corrected chi connectivity index (χ1v) is 18.2. The molecule has 49 heavy (non-hydrogen) atoms. The Hall–Kier alpha value is -4.26. The highest BCUT2D eigenvalue weighted by atomic mass is 35.5. The molecule has 1 amide bonds. The minimum absolute atomic E-state index is 0.215. The van der Waals surface area contributed by atoms with Gasteiger partial charge in [-0.1, -0.05) is 64.7 Å². The largest absolute Gasteiger partial charge is 0.450 e. The molecule has 2 aromatic heterocycles. The zero-order chi connectivity index (χ0) is 33.7. The number of likely N-dealkylation sites (tertiary alicyclic amines) is 1. The highest BCUT2D eigenvalue weighted by molar-refractivity contribution is 6.30. The lowest BCUT2D eigenvalue weighted by Crippen LogP contribution is -2.37. The maximum Gasteiger partial charge on any atom is 0.409 e. The molecular weight excluding hydrogens is 628 g/mol. The highest BCUT2D eigenvalue weighted by Crippen LogP contribution is 2.39. The van der Waals surface area contributed by atoms with Crippen LogP contribution in [0, 0.1) is 6.92 Å². The summed E-state index contributed by atoms with van der Waals surface area (Å²) in [6.45, 7) is 7.98. The summed E-state index contributed by atoms with van der Waals surface area (Å²) in [6, 6.07) is 21.6. The molecule has 252 valence electrons. The average molecular weight is 673 g/mol. The quantitative estimate of drug-likeness (QED) is 0.220. The summed E-state index contributed by atoms with van der Waals surface area (Å²) in [5.74, 6) is 0. The Morgan fingerprint density at radius 3 is 1.90 bits per heavy atom. The number of carbonyl (C=O) groups excluding carboxylic acids is 1. The fourth-order valence-corrected chi connectivity index (χ4v) is 8.02. The van der Waals surface area contributed by atoms with Gasteiger partial charge >= 0.3 is 6.09 Å². The van der Waals surface area contributed by atoms with E-state index in [0.717, 1.165) is 75.2 Å². The molecule has 0 radical (unpaired) electrons. The number of aryl methyl sites for hydroxylation is 5. The predicted octanol–water partition coefficient (Wildman–Crippen LogP) is 8.56. The van der Waals surface area contributed by atoms with Crippen molar-refractivity contribution in [3.8, 4) is 0 Å². The molecule has 0 atom stereocenters. The molecule has 0 spiro atoms. The van der Waals surface area contributed by atoms with Crippen LogP contribution in [-0.4, -0.2) is 53.7 Å². The number of aromatic nitrogens is 2. The van der Waals surface area contributed by atoms with Crippen LogP contribution in [0.5, 0.6) is 0 Å². The molecule has 4 aromatic rings. The summed E-state index contributed by atoms with van der Waals surface area (Å²) in [5, 5.41) is 4.24. The number of carbonyl (C=O) groups is 1. The zero-order valence-corrected chi connectivity index (χ0v) is 29.4. The Morgan fingerprint density at radius 2 is 1.29 bits per heavy atom. The molecule has 2 fully saturated rings. The first-order chi connectivity index (χ1) is 24.0. The monoisotopic (exact) mass is 672 g/mol. The highest BCUT2D eigenvalue weighted by Gasteiger charge is 2.27. The molecule has 0 bridgehead atoms. The number of halogens is 1. The lowest BCUT2D eigenvalue weighted by molar-refractivity contribution is 0.104. The van der Waals surface area contributed by atoms with Crippen molar-refractivity contribution < 1.29 is 9.53 Å². The van der Waals surface area contributed by atoms with Gasteiger partial charge in [-0.05, 0) is 136 Å². The van der Waals surface area contributed by atoms with E-state index >= 15 is 0 Å². The number of piperidine rings is 2. The summed E-state index contributed by atoms with van der Waals surface area (Å²) in [4.78, 5) is 23.4.